The summed E-state index contributed by atoms with van der Waals surface area (Å²) in [6.07, 6.45) is 3.53. The van der Waals surface area contributed by atoms with E-state index in [1.165, 1.54) is 0 Å². The number of likely N-dealkylation sites (tertiary alicyclic amines) is 1. The van der Waals surface area contributed by atoms with Gasteiger partial charge < -0.3 is 15.2 Å². The third-order valence-electron chi connectivity index (χ3n) is 4.17. The van der Waals surface area contributed by atoms with Crippen molar-refractivity contribution in [3.63, 3.8) is 0 Å². The number of rotatable bonds is 4. The summed E-state index contributed by atoms with van der Waals surface area (Å²) in [5.41, 5.74) is 2.30. The average Bonchev–Trinajstić information content (AvgIpc) is 3.03. The number of nitrogens with zero attached hydrogens (tertiary/aromatic N) is 2. The molecule has 2 heterocycles. The number of imidazole rings is 1. The maximum atomic E-state index is 12.4. The predicted octanol–water partition coefficient (Wildman–Crippen LogP) is 1.91. The van der Waals surface area contributed by atoms with Crippen molar-refractivity contribution in [3.8, 4) is 0 Å². The molecule has 7 heteroatoms. The minimum absolute atomic E-state index is 0.0907. The first-order valence-electron chi connectivity index (χ1n) is 7.75. The number of hydrogen-bond donors (Lipinski definition) is 2. The van der Waals surface area contributed by atoms with Crippen LogP contribution < -0.4 is 5.32 Å². The van der Waals surface area contributed by atoms with Crippen LogP contribution in [0.25, 0.3) is 11.0 Å². The van der Waals surface area contributed by atoms with Crippen LogP contribution in [0, 0.1) is 0 Å². The molecule has 0 unspecified atom stereocenters. The van der Waals surface area contributed by atoms with E-state index < -0.39 is 0 Å². The SMILES string of the molecule is O=C(NC1CCN(C(=O)CCCl)CC1)c1ccc2nc[nH]c2c1. The van der Waals surface area contributed by atoms with Gasteiger partial charge in [-0.25, -0.2) is 4.98 Å². The van der Waals surface area contributed by atoms with Gasteiger partial charge >= 0.3 is 0 Å². The van der Waals surface area contributed by atoms with E-state index in [1.807, 2.05) is 11.0 Å². The highest BCUT2D eigenvalue weighted by Crippen LogP contribution is 2.15. The summed E-state index contributed by atoms with van der Waals surface area (Å²) in [4.78, 5) is 33.1. The average molecular weight is 335 g/mol. The molecule has 1 aliphatic rings. The molecule has 0 radical (unpaired) electrons. The Kier molecular flexibility index (Phi) is 4.81. The molecule has 1 fully saturated rings. The van der Waals surface area contributed by atoms with Gasteiger partial charge in [0.2, 0.25) is 5.91 Å². The summed E-state index contributed by atoms with van der Waals surface area (Å²) >= 11 is 5.60. The Balaban J connectivity index is 1.55. The van der Waals surface area contributed by atoms with Gasteiger partial charge in [0.15, 0.2) is 0 Å². The minimum atomic E-state index is -0.0907. The third kappa shape index (κ3) is 3.64. The molecule has 0 aliphatic carbocycles. The lowest BCUT2D eigenvalue weighted by molar-refractivity contribution is -0.131. The van der Waals surface area contributed by atoms with Crippen molar-refractivity contribution in [2.45, 2.75) is 25.3 Å². The van der Waals surface area contributed by atoms with Crippen molar-refractivity contribution in [2.75, 3.05) is 19.0 Å². The number of aromatic amines is 1. The number of fused-ring (bicyclic) bond motifs is 1. The zero-order valence-electron chi connectivity index (χ0n) is 12.7. The fourth-order valence-electron chi connectivity index (χ4n) is 2.86. The zero-order valence-corrected chi connectivity index (χ0v) is 13.5. The van der Waals surface area contributed by atoms with Gasteiger partial charge in [-0.15, -0.1) is 11.6 Å². The largest absolute Gasteiger partial charge is 0.349 e. The molecule has 23 heavy (non-hydrogen) atoms. The van der Waals surface area contributed by atoms with E-state index in [9.17, 15) is 9.59 Å². The number of halogens is 1. The Bertz CT molecular complexity index is 707. The van der Waals surface area contributed by atoms with Gasteiger partial charge in [0.25, 0.3) is 5.91 Å². The number of carbonyl (C=O) groups excluding carboxylic acids is 2. The minimum Gasteiger partial charge on any atom is -0.349 e. The number of amides is 2. The molecule has 0 bridgehead atoms. The van der Waals surface area contributed by atoms with Crippen LogP contribution in [0.15, 0.2) is 24.5 Å². The van der Waals surface area contributed by atoms with Crippen molar-refractivity contribution in [1.82, 2.24) is 20.2 Å². The van der Waals surface area contributed by atoms with E-state index in [1.54, 1.807) is 18.5 Å². The number of nitrogens with one attached hydrogen (secondary N) is 2. The molecule has 3 rings (SSSR count). The van der Waals surface area contributed by atoms with Crippen molar-refractivity contribution >= 4 is 34.4 Å². The molecule has 0 atom stereocenters. The van der Waals surface area contributed by atoms with Crippen LogP contribution in [0.3, 0.4) is 0 Å². The standard InChI is InChI=1S/C16H19ClN4O2/c17-6-3-15(22)21-7-4-12(5-8-21)20-16(23)11-1-2-13-14(9-11)19-10-18-13/h1-2,9-10,12H,3-8H2,(H,18,19)(H,20,23). The summed E-state index contributed by atoms with van der Waals surface area (Å²) in [6, 6.07) is 5.50. The number of H-pyrrole nitrogens is 1. The Labute approximate surface area is 139 Å². The highest BCUT2D eigenvalue weighted by Gasteiger charge is 2.23. The number of alkyl halides is 1. The van der Waals surface area contributed by atoms with Gasteiger partial charge in [0.05, 0.1) is 17.4 Å². The van der Waals surface area contributed by atoms with Crippen molar-refractivity contribution in [1.29, 1.82) is 0 Å². The lowest BCUT2D eigenvalue weighted by Gasteiger charge is -2.32. The highest BCUT2D eigenvalue weighted by molar-refractivity contribution is 6.18. The summed E-state index contributed by atoms with van der Waals surface area (Å²) in [7, 11) is 0. The topological polar surface area (TPSA) is 78.1 Å². The van der Waals surface area contributed by atoms with Gasteiger partial charge in [-0.2, -0.15) is 0 Å². The van der Waals surface area contributed by atoms with E-state index in [4.69, 9.17) is 11.6 Å². The molecule has 2 N–H and O–H groups in total. The van der Waals surface area contributed by atoms with E-state index in [-0.39, 0.29) is 17.9 Å². The molecule has 122 valence electrons. The number of aromatic nitrogens is 2. The molecule has 6 nitrogen and oxygen atoms in total. The number of hydrogen-bond acceptors (Lipinski definition) is 3. The monoisotopic (exact) mass is 334 g/mol. The molecule has 0 spiro atoms. The van der Waals surface area contributed by atoms with Crippen LogP contribution in [0.2, 0.25) is 0 Å². The molecule has 1 aliphatic heterocycles. The van der Waals surface area contributed by atoms with Gasteiger partial charge in [-0.05, 0) is 31.0 Å². The van der Waals surface area contributed by atoms with Gasteiger partial charge in [0.1, 0.15) is 0 Å². The summed E-state index contributed by atoms with van der Waals surface area (Å²) < 4.78 is 0. The fraction of sp³-hybridized carbons (Fsp3) is 0.438. The second-order valence-electron chi connectivity index (χ2n) is 5.70. The maximum Gasteiger partial charge on any atom is 0.251 e. The molecule has 1 saturated heterocycles. The summed E-state index contributed by atoms with van der Waals surface area (Å²) in [5, 5.41) is 3.05. The van der Waals surface area contributed by atoms with E-state index in [0.717, 1.165) is 23.9 Å². The Morgan fingerprint density at radius 2 is 2.13 bits per heavy atom. The molecule has 1 aromatic heterocycles. The molecular weight excluding hydrogens is 316 g/mol. The van der Waals surface area contributed by atoms with Crippen LogP contribution in [0.1, 0.15) is 29.6 Å². The first kappa shape index (κ1) is 15.8. The van der Waals surface area contributed by atoms with Gasteiger partial charge in [0, 0.05) is 37.0 Å². The molecular formula is C16H19ClN4O2. The van der Waals surface area contributed by atoms with Gasteiger partial charge in [-0.3, -0.25) is 9.59 Å². The van der Waals surface area contributed by atoms with E-state index in [0.29, 0.717) is 31.0 Å². The highest BCUT2D eigenvalue weighted by atomic mass is 35.5. The van der Waals surface area contributed by atoms with Crippen LogP contribution in [0.4, 0.5) is 0 Å². The van der Waals surface area contributed by atoms with Crippen molar-refractivity contribution < 1.29 is 9.59 Å². The molecule has 0 saturated carbocycles. The Hall–Kier alpha value is -2.08. The Morgan fingerprint density at radius 1 is 1.35 bits per heavy atom. The summed E-state index contributed by atoms with van der Waals surface area (Å²) in [5.74, 6) is 0.354. The van der Waals surface area contributed by atoms with Crippen molar-refractivity contribution in [3.05, 3.63) is 30.1 Å². The lowest BCUT2D eigenvalue weighted by Crippen LogP contribution is -2.46. The zero-order chi connectivity index (χ0) is 16.2. The molecule has 2 amide bonds. The number of benzene rings is 1. The molecule has 1 aromatic carbocycles. The number of piperidine rings is 1. The molecule has 2 aromatic rings. The van der Waals surface area contributed by atoms with E-state index in [2.05, 4.69) is 15.3 Å². The summed E-state index contributed by atoms with van der Waals surface area (Å²) in [6.45, 7) is 1.33. The first-order valence-corrected chi connectivity index (χ1v) is 8.28. The maximum absolute atomic E-state index is 12.4. The third-order valence-corrected chi connectivity index (χ3v) is 4.36. The fourth-order valence-corrected chi connectivity index (χ4v) is 3.02. The van der Waals surface area contributed by atoms with E-state index >= 15 is 0 Å². The second kappa shape index (κ2) is 7.00. The van der Waals surface area contributed by atoms with Crippen LogP contribution >= 0.6 is 11.6 Å². The first-order chi connectivity index (χ1) is 11.2. The smallest absolute Gasteiger partial charge is 0.251 e. The lowest BCUT2D eigenvalue weighted by atomic mass is 10.0. The van der Waals surface area contributed by atoms with Crippen LogP contribution in [0.5, 0.6) is 0 Å². The quantitative estimate of drug-likeness (QED) is 0.838. The van der Waals surface area contributed by atoms with Crippen molar-refractivity contribution in [2.24, 2.45) is 0 Å². The van der Waals surface area contributed by atoms with Crippen LogP contribution in [-0.2, 0) is 4.79 Å². The second-order valence-corrected chi connectivity index (χ2v) is 6.08. The normalized spacial score (nSPS) is 15.8. The number of carbonyl (C=O) groups is 2. The predicted molar refractivity (Wildman–Crippen MR) is 88.5 cm³/mol. The van der Waals surface area contributed by atoms with Crippen LogP contribution in [-0.4, -0.2) is 51.7 Å². The Morgan fingerprint density at radius 3 is 2.87 bits per heavy atom. The van der Waals surface area contributed by atoms with Gasteiger partial charge in [-0.1, -0.05) is 0 Å².